The second-order valence-electron chi connectivity index (χ2n) is 8.87. The van der Waals surface area contributed by atoms with Crippen molar-refractivity contribution in [2.75, 3.05) is 13.1 Å². The second kappa shape index (κ2) is 8.04. The highest BCUT2D eigenvalue weighted by atomic mass is 19.1. The predicted molar refractivity (Wildman–Crippen MR) is 107 cm³/mol. The van der Waals surface area contributed by atoms with E-state index in [9.17, 15) is 14.0 Å². The number of hydrogen-bond acceptors (Lipinski definition) is 6. The first kappa shape index (κ1) is 21.7. The first-order valence-corrected chi connectivity index (χ1v) is 9.85. The largest absolute Gasteiger partial charge is 0.444 e. The van der Waals surface area contributed by atoms with Crippen LogP contribution in [0, 0.1) is 11.2 Å². The second-order valence-corrected chi connectivity index (χ2v) is 8.87. The Morgan fingerprint density at radius 2 is 2.10 bits per heavy atom. The van der Waals surface area contributed by atoms with Crippen molar-refractivity contribution in [1.29, 1.82) is 0 Å². The number of halogens is 1. The highest BCUT2D eigenvalue weighted by Gasteiger charge is 2.43. The van der Waals surface area contributed by atoms with Crippen LogP contribution in [0.3, 0.4) is 0 Å². The lowest BCUT2D eigenvalue weighted by molar-refractivity contribution is -0.130. The number of nitrogens with one attached hydrogen (secondary N) is 1. The van der Waals surface area contributed by atoms with Gasteiger partial charge in [-0.3, -0.25) is 4.79 Å². The summed E-state index contributed by atoms with van der Waals surface area (Å²) in [6.45, 7) is 9.65. The van der Waals surface area contributed by atoms with Crippen LogP contribution in [0.2, 0.25) is 0 Å². The summed E-state index contributed by atoms with van der Waals surface area (Å²) < 4.78 is 24.0. The minimum Gasteiger partial charge on any atom is -0.444 e. The first-order chi connectivity index (χ1) is 14.0. The number of likely N-dealkylation sites (tertiary alicyclic amines) is 1. The fourth-order valence-corrected chi connectivity index (χ4v) is 3.22. The molecule has 1 aliphatic heterocycles. The maximum Gasteiger partial charge on any atom is 0.410 e. The Bertz CT molecular complexity index is 939. The zero-order valence-electron chi connectivity index (χ0n) is 17.9. The van der Waals surface area contributed by atoms with Crippen LogP contribution in [0.15, 0.2) is 28.8 Å². The van der Waals surface area contributed by atoms with E-state index in [4.69, 9.17) is 9.26 Å². The molecule has 0 aliphatic carbocycles. The number of benzene rings is 1. The van der Waals surface area contributed by atoms with Gasteiger partial charge in [0.2, 0.25) is 17.6 Å². The van der Waals surface area contributed by atoms with E-state index in [0.717, 1.165) is 0 Å². The molecule has 9 heteroatoms. The fraction of sp³-hybridized carbons (Fsp3) is 0.524. The number of hydrogen-bond donors (Lipinski definition) is 1. The Balaban J connectivity index is 1.62. The minimum absolute atomic E-state index is 0.216. The highest BCUT2D eigenvalue weighted by molar-refractivity contribution is 5.84. The quantitative estimate of drug-likeness (QED) is 0.813. The number of rotatable bonds is 4. The molecule has 30 heavy (non-hydrogen) atoms. The van der Waals surface area contributed by atoms with Gasteiger partial charge in [0.1, 0.15) is 17.5 Å². The van der Waals surface area contributed by atoms with Crippen LogP contribution in [-0.4, -0.2) is 45.7 Å². The van der Waals surface area contributed by atoms with E-state index >= 15 is 0 Å². The van der Waals surface area contributed by atoms with Gasteiger partial charge in [-0.1, -0.05) is 17.3 Å². The summed E-state index contributed by atoms with van der Waals surface area (Å²) in [7, 11) is 0. The summed E-state index contributed by atoms with van der Waals surface area (Å²) in [4.78, 5) is 31.0. The van der Waals surface area contributed by atoms with Crippen molar-refractivity contribution in [3.63, 3.8) is 0 Å². The highest BCUT2D eigenvalue weighted by Crippen LogP contribution is 2.32. The number of amides is 2. The van der Waals surface area contributed by atoms with E-state index in [1.165, 1.54) is 12.1 Å². The van der Waals surface area contributed by atoms with Crippen LogP contribution in [0.1, 0.15) is 53.0 Å². The molecule has 1 aromatic heterocycles. The van der Waals surface area contributed by atoms with Crippen molar-refractivity contribution >= 4 is 12.0 Å². The monoisotopic (exact) mass is 418 g/mol. The standard InChI is InChI=1S/C21H27FN4O4/c1-13(17-24-16(25-30-17)14-7-6-8-15(22)11-14)23-18(27)21(5)9-10-26(12-21)19(28)29-20(2,3)4/h6-8,11,13H,9-10,12H2,1-5H3,(H,23,27)/t13-,21+/m1/s1. The molecule has 1 aromatic carbocycles. The zero-order valence-corrected chi connectivity index (χ0v) is 17.9. The Hall–Kier alpha value is -2.97. The van der Waals surface area contributed by atoms with Gasteiger partial charge in [0.05, 0.1) is 5.41 Å². The van der Waals surface area contributed by atoms with E-state index in [1.54, 1.807) is 44.7 Å². The van der Waals surface area contributed by atoms with Crippen LogP contribution >= 0.6 is 0 Å². The first-order valence-electron chi connectivity index (χ1n) is 9.85. The minimum atomic E-state index is -0.753. The van der Waals surface area contributed by atoms with E-state index < -0.39 is 29.0 Å². The Kier molecular flexibility index (Phi) is 5.83. The van der Waals surface area contributed by atoms with Crippen LogP contribution < -0.4 is 5.32 Å². The summed E-state index contributed by atoms with van der Waals surface area (Å²) >= 11 is 0. The molecule has 2 amide bonds. The fourth-order valence-electron chi connectivity index (χ4n) is 3.22. The molecule has 1 N–H and O–H groups in total. The molecular weight excluding hydrogens is 391 g/mol. The smallest absolute Gasteiger partial charge is 0.410 e. The third kappa shape index (κ3) is 4.95. The molecule has 2 heterocycles. The van der Waals surface area contributed by atoms with E-state index in [2.05, 4.69) is 15.5 Å². The maximum absolute atomic E-state index is 13.4. The summed E-state index contributed by atoms with van der Waals surface area (Å²) in [5.74, 6) is -0.155. The van der Waals surface area contributed by atoms with Gasteiger partial charge in [-0.15, -0.1) is 0 Å². The molecule has 8 nitrogen and oxygen atoms in total. The number of ether oxygens (including phenoxy) is 1. The number of aromatic nitrogens is 2. The van der Waals surface area contributed by atoms with Gasteiger partial charge in [-0.2, -0.15) is 4.98 Å². The summed E-state index contributed by atoms with van der Waals surface area (Å²) in [5.41, 5.74) is -0.861. The lowest BCUT2D eigenvalue weighted by atomic mass is 9.88. The lowest BCUT2D eigenvalue weighted by Crippen LogP contribution is -2.43. The molecule has 0 unspecified atom stereocenters. The van der Waals surface area contributed by atoms with Gasteiger partial charge >= 0.3 is 6.09 Å². The topological polar surface area (TPSA) is 97.6 Å². The molecule has 0 bridgehead atoms. The molecule has 0 saturated carbocycles. The lowest BCUT2D eigenvalue weighted by Gasteiger charge is -2.27. The van der Waals surface area contributed by atoms with Gasteiger partial charge in [-0.25, -0.2) is 9.18 Å². The van der Waals surface area contributed by atoms with Crippen LogP contribution in [-0.2, 0) is 9.53 Å². The molecule has 162 valence electrons. The van der Waals surface area contributed by atoms with E-state index in [1.807, 2.05) is 6.92 Å². The van der Waals surface area contributed by atoms with Crippen molar-refractivity contribution in [3.8, 4) is 11.4 Å². The van der Waals surface area contributed by atoms with Gasteiger partial charge in [0.15, 0.2) is 0 Å². The molecule has 2 aromatic rings. The number of nitrogens with zero attached hydrogens (tertiary/aromatic N) is 3. The summed E-state index contributed by atoms with van der Waals surface area (Å²) in [5, 5.41) is 6.74. The normalized spacial score (nSPS) is 20.1. The third-order valence-electron chi connectivity index (χ3n) is 4.92. The van der Waals surface area contributed by atoms with Crippen LogP contribution in [0.5, 0.6) is 0 Å². The molecule has 1 aliphatic rings. The number of carbonyl (C=O) groups is 2. The zero-order chi connectivity index (χ0) is 22.1. The summed E-state index contributed by atoms with van der Waals surface area (Å²) in [6, 6.07) is 5.33. The van der Waals surface area contributed by atoms with Crippen LogP contribution in [0.25, 0.3) is 11.4 Å². The Labute approximate surface area is 174 Å². The van der Waals surface area contributed by atoms with E-state index in [0.29, 0.717) is 18.5 Å². The molecular formula is C21H27FN4O4. The average Bonchev–Trinajstić information content (AvgIpc) is 3.28. The molecule has 2 atom stereocenters. The Morgan fingerprint density at radius 1 is 1.37 bits per heavy atom. The van der Waals surface area contributed by atoms with Gasteiger partial charge < -0.3 is 19.5 Å². The van der Waals surface area contributed by atoms with Crippen molar-refractivity contribution in [2.45, 2.75) is 52.7 Å². The average molecular weight is 418 g/mol. The van der Waals surface area contributed by atoms with E-state index in [-0.39, 0.29) is 24.2 Å². The molecule has 0 spiro atoms. The third-order valence-corrected chi connectivity index (χ3v) is 4.92. The van der Waals surface area contributed by atoms with Crippen molar-refractivity contribution in [1.82, 2.24) is 20.4 Å². The van der Waals surface area contributed by atoms with Crippen molar-refractivity contribution in [3.05, 3.63) is 36.0 Å². The molecule has 3 rings (SSSR count). The van der Waals surface area contributed by atoms with Crippen molar-refractivity contribution < 1.29 is 23.2 Å². The van der Waals surface area contributed by atoms with Crippen molar-refractivity contribution in [2.24, 2.45) is 5.41 Å². The molecule has 1 fully saturated rings. The summed E-state index contributed by atoms with van der Waals surface area (Å²) in [6.07, 6.45) is 0.0899. The SMILES string of the molecule is C[C@@H](NC(=O)[C@@]1(C)CCN(C(=O)OC(C)(C)C)C1)c1nc(-c2cccc(F)c2)no1. The Morgan fingerprint density at radius 3 is 2.77 bits per heavy atom. The van der Waals surface area contributed by atoms with Gasteiger partial charge in [-0.05, 0) is 53.2 Å². The molecule has 1 saturated heterocycles. The maximum atomic E-state index is 13.4. The van der Waals surface area contributed by atoms with Gasteiger partial charge in [0.25, 0.3) is 0 Å². The predicted octanol–water partition coefficient (Wildman–Crippen LogP) is 3.70. The molecule has 0 radical (unpaired) electrons. The van der Waals surface area contributed by atoms with Gasteiger partial charge in [0, 0.05) is 18.7 Å². The number of carbonyl (C=O) groups excluding carboxylic acids is 2. The van der Waals surface area contributed by atoms with Crippen LogP contribution in [0.4, 0.5) is 9.18 Å².